The second-order valence-electron chi connectivity index (χ2n) is 5.28. The van der Waals surface area contributed by atoms with Crippen LogP contribution in [0.4, 0.5) is 0 Å². The molecule has 0 amide bonds. The predicted molar refractivity (Wildman–Crippen MR) is 77.0 cm³/mol. The normalized spacial score (nSPS) is 25.4. The average Bonchev–Trinajstić information content (AvgIpc) is 2.39. The third-order valence-electron chi connectivity index (χ3n) is 3.86. The van der Waals surface area contributed by atoms with Gasteiger partial charge in [-0.3, -0.25) is 0 Å². The Morgan fingerprint density at radius 2 is 2.00 bits per heavy atom. The zero-order valence-corrected chi connectivity index (χ0v) is 12.1. The van der Waals surface area contributed by atoms with Crippen LogP contribution < -0.4 is 5.73 Å². The van der Waals surface area contributed by atoms with Gasteiger partial charge in [-0.2, -0.15) is 4.31 Å². The molecule has 1 saturated heterocycles. The molecule has 0 aromatic heterocycles. The highest BCUT2D eigenvalue weighted by molar-refractivity contribution is 7.88. The number of piperidine rings is 1. The summed E-state index contributed by atoms with van der Waals surface area (Å²) in [6, 6.07) is 9.27. The van der Waals surface area contributed by atoms with Gasteiger partial charge in [-0.15, -0.1) is 0 Å². The van der Waals surface area contributed by atoms with E-state index in [0.29, 0.717) is 19.0 Å². The maximum Gasteiger partial charge on any atom is 0.218 e. The standard InChI is InChI=1S/C14H22N2O2S/c1-12-6-5-9-16(14(12)10-15)19(17,18)11-13-7-3-2-4-8-13/h2-4,7-8,12,14H,5-6,9-11,15H2,1H3/t12-,14-/m1/s1. The molecule has 5 heteroatoms. The van der Waals surface area contributed by atoms with Crippen molar-refractivity contribution in [3.05, 3.63) is 35.9 Å². The summed E-state index contributed by atoms with van der Waals surface area (Å²) in [5.74, 6) is 0.404. The van der Waals surface area contributed by atoms with Crippen LogP contribution in [0.2, 0.25) is 0 Å². The molecule has 0 bridgehead atoms. The van der Waals surface area contributed by atoms with Crippen molar-refractivity contribution in [3.8, 4) is 0 Å². The lowest BCUT2D eigenvalue weighted by atomic mass is 9.93. The van der Waals surface area contributed by atoms with E-state index in [1.807, 2.05) is 30.3 Å². The van der Waals surface area contributed by atoms with Crippen LogP contribution in [0.5, 0.6) is 0 Å². The molecule has 1 aromatic rings. The number of rotatable bonds is 4. The van der Waals surface area contributed by atoms with Crippen molar-refractivity contribution >= 4 is 10.0 Å². The predicted octanol–water partition coefficient (Wildman–Crippen LogP) is 1.58. The largest absolute Gasteiger partial charge is 0.329 e. The Balaban J connectivity index is 2.18. The molecule has 2 atom stereocenters. The first-order valence-electron chi connectivity index (χ1n) is 6.78. The van der Waals surface area contributed by atoms with E-state index in [2.05, 4.69) is 6.92 Å². The van der Waals surface area contributed by atoms with Crippen molar-refractivity contribution < 1.29 is 8.42 Å². The van der Waals surface area contributed by atoms with E-state index >= 15 is 0 Å². The molecular formula is C14H22N2O2S. The van der Waals surface area contributed by atoms with E-state index in [1.54, 1.807) is 4.31 Å². The fourth-order valence-corrected chi connectivity index (χ4v) is 4.67. The van der Waals surface area contributed by atoms with Gasteiger partial charge in [0.1, 0.15) is 0 Å². The molecule has 0 saturated carbocycles. The minimum Gasteiger partial charge on any atom is -0.329 e. The van der Waals surface area contributed by atoms with Gasteiger partial charge in [0.2, 0.25) is 10.0 Å². The lowest BCUT2D eigenvalue weighted by Crippen LogP contribution is -2.51. The highest BCUT2D eigenvalue weighted by Gasteiger charge is 2.35. The Bertz CT molecular complexity index is 501. The SMILES string of the molecule is C[C@@H]1CCCN(S(=O)(=O)Cc2ccccc2)[C@@H]1CN. The summed E-state index contributed by atoms with van der Waals surface area (Å²) in [4.78, 5) is 0. The van der Waals surface area contributed by atoms with Crippen LogP contribution in [0.25, 0.3) is 0 Å². The van der Waals surface area contributed by atoms with Crippen LogP contribution in [0.1, 0.15) is 25.3 Å². The maximum atomic E-state index is 12.5. The second kappa shape index (κ2) is 6.03. The molecule has 1 aliphatic rings. The van der Waals surface area contributed by atoms with Gasteiger partial charge in [0.25, 0.3) is 0 Å². The Kier molecular flexibility index (Phi) is 4.60. The molecule has 0 aliphatic carbocycles. The van der Waals surface area contributed by atoms with E-state index in [9.17, 15) is 8.42 Å². The van der Waals surface area contributed by atoms with E-state index in [-0.39, 0.29) is 11.8 Å². The zero-order valence-electron chi connectivity index (χ0n) is 11.3. The number of benzene rings is 1. The van der Waals surface area contributed by atoms with Gasteiger partial charge in [-0.25, -0.2) is 8.42 Å². The molecular weight excluding hydrogens is 260 g/mol. The number of nitrogens with zero attached hydrogens (tertiary/aromatic N) is 1. The number of sulfonamides is 1. The number of hydrogen-bond donors (Lipinski definition) is 1. The molecule has 106 valence electrons. The molecule has 0 unspecified atom stereocenters. The van der Waals surface area contributed by atoms with Crippen molar-refractivity contribution in [2.24, 2.45) is 11.7 Å². The van der Waals surface area contributed by atoms with Gasteiger partial charge in [0.05, 0.1) is 5.75 Å². The fraction of sp³-hybridized carbons (Fsp3) is 0.571. The van der Waals surface area contributed by atoms with Crippen LogP contribution in [0, 0.1) is 5.92 Å². The van der Waals surface area contributed by atoms with E-state index in [1.165, 1.54) is 0 Å². The topological polar surface area (TPSA) is 63.4 Å². The Labute approximate surface area is 115 Å². The summed E-state index contributed by atoms with van der Waals surface area (Å²) >= 11 is 0. The molecule has 1 aromatic carbocycles. The van der Waals surface area contributed by atoms with E-state index in [4.69, 9.17) is 5.73 Å². The number of nitrogens with two attached hydrogens (primary N) is 1. The average molecular weight is 282 g/mol. The Morgan fingerprint density at radius 3 is 2.63 bits per heavy atom. The Morgan fingerprint density at radius 1 is 1.32 bits per heavy atom. The molecule has 1 heterocycles. The molecule has 0 spiro atoms. The van der Waals surface area contributed by atoms with Gasteiger partial charge in [-0.1, -0.05) is 37.3 Å². The van der Waals surface area contributed by atoms with E-state index in [0.717, 1.165) is 18.4 Å². The van der Waals surface area contributed by atoms with Gasteiger partial charge in [-0.05, 0) is 24.3 Å². The quantitative estimate of drug-likeness (QED) is 0.912. The third-order valence-corrected chi connectivity index (χ3v) is 5.72. The third kappa shape index (κ3) is 3.35. The number of hydrogen-bond acceptors (Lipinski definition) is 3. The van der Waals surface area contributed by atoms with Crippen LogP contribution in [0.15, 0.2) is 30.3 Å². The molecule has 0 radical (unpaired) electrons. The highest BCUT2D eigenvalue weighted by Crippen LogP contribution is 2.26. The molecule has 2 rings (SSSR count). The monoisotopic (exact) mass is 282 g/mol. The lowest BCUT2D eigenvalue weighted by Gasteiger charge is -2.38. The molecule has 1 aliphatic heterocycles. The first kappa shape index (κ1) is 14.5. The van der Waals surface area contributed by atoms with Gasteiger partial charge in [0.15, 0.2) is 0 Å². The lowest BCUT2D eigenvalue weighted by molar-refractivity contribution is 0.192. The van der Waals surface area contributed by atoms with Crippen molar-refractivity contribution in [1.29, 1.82) is 0 Å². The van der Waals surface area contributed by atoms with Crippen molar-refractivity contribution in [2.75, 3.05) is 13.1 Å². The summed E-state index contributed by atoms with van der Waals surface area (Å²) in [5.41, 5.74) is 6.60. The summed E-state index contributed by atoms with van der Waals surface area (Å²) in [5, 5.41) is 0. The molecule has 2 N–H and O–H groups in total. The van der Waals surface area contributed by atoms with Gasteiger partial charge >= 0.3 is 0 Å². The van der Waals surface area contributed by atoms with Gasteiger partial charge in [0, 0.05) is 19.1 Å². The molecule has 4 nitrogen and oxygen atoms in total. The minimum atomic E-state index is -3.28. The van der Waals surface area contributed by atoms with Gasteiger partial charge < -0.3 is 5.73 Å². The molecule has 1 fully saturated rings. The summed E-state index contributed by atoms with van der Waals surface area (Å²) < 4.78 is 26.7. The minimum absolute atomic E-state index is 0.0533. The van der Waals surface area contributed by atoms with Crippen LogP contribution in [-0.4, -0.2) is 31.9 Å². The van der Waals surface area contributed by atoms with Crippen LogP contribution in [-0.2, 0) is 15.8 Å². The summed E-state index contributed by atoms with van der Waals surface area (Å²) in [7, 11) is -3.28. The first-order valence-corrected chi connectivity index (χ1v) is 8.39. The highest BCUT2D eigenvalue weighted by atomic mass is 32.2. The van der Waals surface area contributed by atoms with Crippen LogP contribution in [0.3, 0.4) is 0 Å². The van der Waals surface area contributed by atoms with Crippen molar-refractivity contribution in [2.45, 2.75) is 31.6 Å². The second-order valence-corrected chi connectivity index (χ2v) is 7.20. The maximum absolute atomic E-state index is 12.5. The zero-order chi connectivity index (χ0) is 13.9. The van der Waals surface area contributed by atoms with Crippen molar-refractivity contribution in [1.82, 2.24) is 4.31 Å². The summed E-state index contributed by atoms with van der Waals surface area (Å²) in [6.45, 7) is 3.08. The Hall–Kier alpha value is -0.910. The van der Waals surface area contributed by atoms with E-state index < -0.39 is 10.0 Å². The summed E-state index contributed by atoms with van der Waals surface area (Å²) in [6.07, 6.45) is 1.98. The smallest absolute Gasteiger partial charge is 0.218 e. The molecule has 19 heavy (non-hydrogen) atoms. The first-order chi connectivity index (χ1) is 9.04. The van der Waals surface area contributed by atoms with Crippen LogP contribution >= 0.6 is 0 Å². The van der Waals surface area contributed by atoms with Crippen molar-refractivity contribution in [3.63, 3.8) is 0 Å². The fourth-order valence-electron chi connectivity index (χ4n) is 2.77.